The fraction of sp³-hybridized carbons (Fsp3) is 0.143. The van der Waals surface area contributed by atoms with Crippen molar-refractivity contribution < 1.29 is 13.7 Å². The van der Waals surface area contributed by atoms with E-state index in [9.17, 15) is 23.7 Å². The molecule has 1 aromatic rings. The quantitative estimate of drug-likeness (QED) is 0.589. The van der Waals surface area contributed by atoms with Crippen molar-refractivity contribution in [2.24, 2.45) is 0 Å². The number of alkyl halides is 2. The van der Waals surface area contributed by atoms with Gasteiger partial charge in [-0.05, 0) is 6.07 Å². The number of halogens is 2. The second-order valence-corrected chi connectivity index (χ2v) is 2.49. The van der Waals surface area contributed by atoms with Crippen molar-refractivity contribution in [3.63, 3.8) is 0 Å². The first-order valence-corrected chi connectivity index (χ1v) is 3.57. The Morgan fingerprint density at radius 2 is 2.20 bits per heavy atom. The lowest BCUT2D eigenvalue weighted by molar-refractivity contribution is -0.386. The van der Waals surface area contributed by atoms with E-state index in [4.69, 9.17) is 5.26 Å². The molecule has 1 heterocycles. The molecule has 0 aliphatic rings. The Hall–Kier alpha value is -2.30. The lowest BCUT2D eigenvalue weighted by Gasteiger charge is -1.99. The molecule has 1 rings (SSSR count). The summed E-state index contributed by atoms with van der Waals surface area (Å²) in [6.07, 6.45) is -2.99. The van der Waals surface area contributed by atoms with Gasteiger partial charge in [-0.3, -0.25) is 14.9 Å². The molecule has 0 saturated heterocycles. The van der Waals surface area contributed by atoms with E-state index in [2.05, 4.69) is 0 Å². The van der Waals surface area contributed by atoms with Crippen molar-refractivity contribution in [2.75, 3.05) is 0 Å². The lowest BCUT2D eigenvalue weighted by atomic mass is 10.2. The Balaban J connectivity index is 3.54. The number of nitrogens with one attached hydrogen (secondary N) is 1. The Morgan fingerprint density at radius 1 is 1.60 bits per heavy atom. The predicted octanol–water partition coefficient (Wildman–Crippen LogP) is 1.09. The third-order valence-corrected chi connectivity index (χ3v) is 1.57. The van der Waals surface area contributed by atoms with Crippen molar-refractivity contribution >= 4 is 5.69 Å². The molecule has 0 unspecified atom stereocenters. The number of hydrogen-bond acceptors (Lipinski definition) is 4. The number of aromatic amines is 1. The van der Waals surface area contributed by atoms with Crippen LogP contribution in [0.3, 0.4) is 0 Å². The molecular weight excluding hydrogens is 212 g/mol. The summed E-state index contributed by atoms with van der Waals surface area (Å²) in [4.78, 5) is 21.9. The first kappa shape index (κ1) is 10.8. The minimum absolute atomic E-state index is 0.587. The Labute approximate surface area is 80.9 Å². The summed E-state index contributed by atoms with van der Waals surface area (Å²) >= 11 is 0. The number of nitro groups is 1. The summed E-state index contributed by atoms with van der Waals surface area (Å²) in [5.74, 6) is 0. The van der Waals surface area contributed by atoms with Crippen LogP contribution >= 0.6 is 0 Å². The molecule has 0 aliphatic heterocycles. The van der Waals surface area contributed by atoms with E-state index in [1.165, 1.54) is 6.07 Å². The van der Waals surface area contributed by atoms with Gasteiger partial charge < -0.3 is 4.98 Å². The number of hydrogen-bond donors (Lipinski definition) is 1. The molecule has 15 heavy (non-hydrogen) atoms. The average molecular weight is 215 g/mol. The van der Waals surface area contributed by atoms with E-state index < -0.39 is 33.9 Å². The van der Waals surface area contributed by atoms with Crippen molar-refractivity contribution in [1.29, 1.82) is 5.26 Å². The van der Waals surface area contributed by atoms with Gasteiger partial charge >= 0.3 is 11.2 Å². The van der Waals surface area contributed by atoms with Crippen LogP contribution in [0, 0.1) is 21.4 Å². The topological polar surface area (TPSA) is 99.8 Å². The number of H-pyrrole nitrogens is 1. The average Bonchev–Trinajstić information content (AvgIpc) is 2.15. The van der Waals surface area contributed by atoms with Crippen LogP contribution in [0.1, 0.15) is 17.7 Å². The summed E-state index contributed by atoms with van der Waals surface area (Å²) in [6.45, 7) is 0. The number of nitrogens with zero attached hydrogens (tertiary/aromatic N) is 2. The Kier molecular flexibility index (Phi) is 2.75. The summed E-state index contributed by atoms with van der Waals surface area (Å²) in [7, 11) is 0. The maximum Gasteiger partial charge on any atom is 0.351 e. The van der Waals surface area contributed by atoms with Crippen molar-refractivity contribution in [2.45, 2.75) is 6.43 Å². The van der Waals surface area contributed by atoms with E-state index in [0.29, 0.717) is 6.07 Å². The second-order valence-electron chi connectivity index (χ2n) is 2.49. The van der Waals surface area contributed by atoms with Gasteiger partial charge in [0.15, 0.2) is 0 Å². The molecule has 0 saturated carbocycles. The summed E-state index contributed by atoms with van der Waals surface area (Å²) in [6, 6.07) is 1.91. The van der Waals surface area contributed by atoms with Crippen LogP contribution in [0.2, 0.25) is 0 Å². The highest BCUT2D eigenvalue weighted by Gasteiger charge is 2.22. The summed E-state index contributed by atoms with van der Waals surface area (Å²) in [5, 5.41) is 18.8. The third kappa shape index (κ3) is 1.96. The maximum atomic E-state index is 12.1. The minimum atomic E-state index is -2.99. The van der Waals surface area contributed by atoms with E-state index in [-0.39, 0.29) is 0 Å². The van der Waals surface area contributed by atoms with Gasteiger partial charge in [-0.25, -0.2) is 8.78 Å². The molecular formula is C7H3F2N3O3. The zero-order valence-corrected chi connectivity index (χ0v) is 7.03. The highest BCUT2D eigenvalue weighted by atomic mass is 19.3. The molecule has 1 aromatic heterocycles. The minimum Gasteiger partial charge on any atom is -0.315 e. The van der Waals surface area contributed by atoms with Crippen LogP contribution in [0.25, 0.3) is 0 Å². The maximum absolute atomic E-state index is 12.1. The van der Waals surface area contributed by atoms with Gasteiger partial charge in [-0.2, -0.15) is 5.26 Å². The molecule has 0 fully saturated rings. The molecule has 78 valence electrons. The van der Waals surface area contributed by atoms with E-state index >= 15 is 0 Å². The van der Waals surface area contributed by atoms with Gasteiger partial charge in [0.25, 0.3) is 6.43 Å². The van der Waals surface area contributed by atoms with Gasteiger partial charge in [0, 0.05) is 0 Å². The Bertz CT molecular complexity index is 503. The number of nitriles is 1. The predicted molar refractivity (Wildman–Crippen MR) is 43.4 cm³/mol. The van der Waals surface area contributed by atoms with Gasteiger partial charge in [-0.1, -0.05) is 0 Å². The van der Waals surface area contributed by atoms with Gasteiger partial charge in [0.1, 0.15) is 11.6 Å². The summed E-state index contributed by atoms with van der Waals surface area (Å²) < 4.78 is 24.3. The molecule has 0 spiro atoms. The largest absolute Gasteiger partial charge is 0.351 e. The molecule has 0 amide bonds. The fourth-order valence-electron chi connectivity index (χ4n) is 0.957. The third-order valence-electron chi connectivity index (χ3n) is 1.57. The van der Waals surface area contributed by atoms with E-state index in [0.717, 1.165) is 0 Å². The van der Waals surface area contributed by atoms with Crippen LogP contribution in [0.4, 0.5) is 14.5 Å². The molecule has 0 radical (unpaired) electrons. The SMILES string of the molecule is N#Cc1cc(C(F)F)[nH]c(=O)c1[N+](=O)[O-]. The normalized spacial score (nSPS) is 10.0. The molecule has 8 heteroatoms. The van der Waals surface area contributed by atoms with Crippen molar-refractivity contribution in [3.8, 4) is 6.07 Å². The van der Waals surface area contributed by atoms with Crippen LogP contribution in [0.15, 0.2) is 10.9 Å². The number of rotatable bonds is 2. The first-order chi connectivity index (χ1) is 6.97. The zero-order chi connectivity index (χ0) is 11.6. The fourth-order valence-corrected chi connectivity index (χ4v) is 0.957. The van der Waals surface area contributed by atoms with Gasteiger partial charge in [-0.15, -0.1) is 0 Å². The van der Waals surface area contributed by atoms with Crippen molar-refractivity contribution in [3.05, 3.63) is 37.8 Å². The van der Waals surface area contributed by atoms with Gasteiger partial charge in [0.2, 0.25) is 0 Å². The highest BCUT2D eigenvalue weighted by Crippen LogP contribution is 2.19. The molecule has 0 aromatic carbocycles. The lowest BCUT2D eigenvalue weighted by Crippen LogP contribution is -2.15. The van der Waals surface area contributed by atoms with Crippen LogP contribution in [0.5, 0.6) is 0 Å². The molecule has 0 aliphatic carbocycles. The van der Waals surface area contributed by atoms with Gasteiger partial charge in [0.05, 0.1) is 10.6 Å². The zero-order valence-electron chi connectivity index (χ0n) is 7.03. The monoisotopic (exact) mass is 215 g/mol. The van der Waals surface area contributed by atoms with Crippen LogP contribution in [-0.4, -0.2) is 9.91 Å². The van der Waals surface area contributed by atoms with Crippen molar-refractivity contribution in [1.82, 2.24) is 4.98 Å². The van der Waals surface area contributed by atoms with Crippen LogP contribution in [-0.2, 0) is 0 Å². The molecule has 1 N–H and O–H groups in total. The second kappa shape index (κ2) is 3.83. The number of aromatic nitrogens is 1. The Morgan fingerprint density at radius 3 is 2.60 bits per heavy atom. The molecule has 0 atom stereocenters. The smallest absolute Gasteiger partial charge is 0.315 e. The van der Waals surface area contributed by atoms with Crippen LogP contribution < -0.4 is 5.56 Å². The van der Waals surface area contributed by atoms with E-state index in [1.807, 2.05) is 0 Å². The molecule has 6 nitrogen and oxygen atoms in total. The standard InChI is InChI=1S/C7H3F2N3O3/c8-6(9)4-1-3(2-10)5(12(14)15)7(13)11-4/h1,6H,(H,11,13). The van der Waals surface area contributed by atoms with E-state index in [1.54, 1.807) is 4.98 Å². The molecule has 0 bridgehead atoms. The number of pyridine rings is 1. The summed E-state index contributed by atoms with van der Waals surface area (Å²) in [5.41, 5.74) is -3.84. The highest BCUT2D eigenvalue weighted by molar-refractivity contribution is 5.47. The first-order valence-electron chi connectivity index (χ1n) is 3.57.